The molecule has 0 unspecified atom stereocenters. The average molecular weight is 362 g/mol. The van der Waals surface area contributed by atoms with Gasteiger partial charge in [-0.25, -0.2) is 9.59 Å². The second-order valence-electron chi connectivity index (χ2n) is 4.37. The van der Waals surface area contributed by atoms with Crippen molar-refractivity contribution < 1.29 is 19.1 Å². The number of methoxy groups -OCH3 is 2. The zero-order valence-corrected chi connectivity index (χ0v) is 14.3. The minimum Gasteiger partial charge on any atom is -0.466 e. The molecule has 0 spiro atoms. The van der Waals surface area contributed by atoms with E-state index < -0.39 is 0 Å². The lowest BCUT2D eigenvalue weighted by Crippen LogP contribution is -2.29. The fourth-order valence-electron chi connectivity index (χ4n) is 1.72. The highest BCUT2D eigenvalue weighted by Crippen LogP contribution is 2.07. The molecule has 120 valence electrons. The van der Waals surface area contributed by atoms with Gasteiger partial charge in [0, 0.05) is 24.0 Å². The van der Waals surface area contributed by atoms with Gasteiger partial charge in [0.15, 0.2) is 0 Å². The van der Waals surface area contributed by atoms with E-state index in [1.807, 2.05) is 6.08 Å². The number of carbonyl (C=O) groups excluding carboxylic acids is 2. The van der Waals surface area contributed by atoms with Crippen LogP contribution in [-0.2, 0) is 19.1 Å². The first-order chi connectivity index (χ1) is 10.1. The van der Waals surface area contributed by atoms with Crippen molar-refractivity contribution in [1.82, 2.24) is 4.90 Å². The molecule has 1 rings (SSSR count). The van der Waals surface area contributed by atoms with Crippen LogP contribution in [0.25, 0.3) is 0 Å². The standard InChI is InChI=1S/C10H17NO2.C5H7BrO2/c1-13-10(12)6-5-9-11-7-3-2-4-8-11;1-8-5(7)3-2-4-6/h5-6H,2-4,7-9H2,1H3;2-3H,4H2,1H3/b6-5+;3-2+. The average Bonchev–Trinajstić information content (AvgIpc) is 2.54. The van der Waals surface area contributed by atoms with E-state index in [0.29, 0.717) is 5.33 Å². The van der Waals surface area contributed by atoms with Crippen LogP contribution in [0.15, 0.2) is 24.3 Å². The van der Waals surface area contributed by atoms with E-state index in [0.717, 1.165) is 19.6 Å². The smallest absolute Gasteiger partial charge is 0.330 e. The molecule has 21 heavy (non-hydrogen) atoms. The topological polar surface area (TPSA) is 55.8 Å². The van der Waals surface area contributed by atoms with Gasteiger partial charge < -0.3 is 9.47 Å². The van der Waals surface area contributed by atoms with Gasteiger partial charge in [-0.3, -0.25) is 4.90 Å². The van der Waals surface area contributed by atoms with Gasteiger partial charge in [0.05, 0.1) is 14.2 Å². The Balaban J connectivity index is 0.000000433. The molecular formula is C15H24BrNO4. The van der Waals surface area contributed by atoms with Crippen LogP contribution >= 0.6 is 15.9 Å². The van der Waals surface area contributed by atoms with Gasteiger partial charge >= 0.3 is 11.9 Å². The Bertz CT molecular complexity index is 350. The van der Waals surface area contributed by atoms with Crippen molar-refractivity contribution in [3.05, 3.63) is 24.3 Å². The van der Waals surface area contributed by atoms with Crippen LogP contribution in [0.1, 0.15) is 19.3 Å². The van der Waals surface area contributed by atoms with Crippen molar-refractivity contribution in [2.75, 3.05) is 39.2 Å². The summed E-state index contributed by atoms with van der Waals surface area (Å²) in [4.78, 5) is 23.3. The summed E-state index contributed by atoms with van der Waals surface area (Å²) in [6.45, 7) is 3.19. The molecule has 1 fully saturated rings. The van der Waals surface area contributed by atoms with Crippen molar-refractivity contribution in [1.29, 1.82) is 0 Å². The number of allylic oxidation sites excluding steroid dienone is 1. The number of likely N-dealkylation sites (tertiary alicyclic amines) is 1. The molecule has 0 N–H and O–H groups in total. The molecule has 0 aliphatic carbocycles. The Labute approximate surface area is 135 Å². The largest absolute Gasteiger partial charge is 0.466 e. The normalized spacial score (nSPS) is 15.6. The van der Waals surface area contributed by atoms with E-state index in [-0.39, 0.29) is 11.9 Å². The molecule has 0 atom stereocenters. The Morgan fingerprint density at radius 2 is 1.52 bits per heavy atom. The van der Waals surface area contributed by atoms with Gasteiger partial charge in [-0.05, 0) is 25.9 Å². The minimum absolute atomic E-state index is 0.267. The first kappa shape index (κ1) is 19.9. The first-order valence-electron chi connectivity index (χ1n) is 6.91. The molecule has 0 saturated carbocycles. The number of nitrogens with zero attached hydrogens (tertiary/aromatic N) is 1. The Kier molecular flexibility index (Phi) is 13.1. The van der Waals surface area contributed by atoms with Gasteiger partial charge in [0.25, 0.3) is 0 Å². The lowest BCUT2D eigenvalue weighted by atomic mass is 10.1. The minimum atomic E-state index is -0.315. The highest BCUT2D eigenvalue weighted by molar-refractivity contribution is 9.09. The Morgan fingerprint density at radius 3 is 2.00 bits per heavy atom. The van der Waals surface area contributed by atoms with E-state index in [1.165, 1.54) is 45.6 Å². The monoisotopic (exact) mass is 361 g/mol. The van der Waals surface area contributed by atoms with Gasteiger partial charge in [-0.2, -0.15) is 0 Å². The third-order valence-electron chi connectivity index (χ3n) is 2.81. The SMILES string of the molecule is COC(=O)/C=C/CBr.COC(=O)/C=C/CN1CCCCC1. The van der Waals surface area contributed by atoms with Crippen molar-refractivity contribution in [2.45, 2.75) is 19.3 Å². The summed E-state index contributed by atoms with van der Waals surface area (Å²) in [5, 5.41) is 0.683. The summed E-state index contributed by atoms with van der Waals surface area (Å²) >= 11 is 3.11. The summed E-state index contributed by atoms with van der Waals surface area (Å²) in [7, 11) is 2.74. The van der Waals surface area contributed by atoms with Gasteiger partial charge in [-0.1, -0.05) is 34.5 Å². The van der Waals surface area contributed by atoms with Gasteiger partial charge in [0.1, 0.15) is 0 Å². The zero-order valence-electron chi connectivity index (χ0n) is 12.7. The summed E-state index contributed by atoms with van der Waals surface area (Å²) < 4.78 is 8.80. The highest BCUT2D eigenvalue weighted by atomic mass is 79.9. The number of hydrogen-bond acceptors (Lipinski definition) is 5. The molecular weight excluding hydrogens is 338 g/mol. The van der Waals surface area contributed by atoms with Gasteiger partial charge in [-0.15, -0.1) is 0 Å². The fourth-order valence-corrected chi connectivity index (χ4v) is 1.90. The molecule has 1 aliphatic heterocycles. The molecule has 1 aliphatic rings. The summed E-state index contributed by atoms with van der Waals surface area (Å²) in [5.74, 6) is -0.582. The van der Waals surface area contributed by atoms with Crippen LogP contribution in [0.5, 0.6) is 0 Å². The van der Waals surface area contributed by atoms with Crippen molar-refractivity contribution in [3.63, 3.8) is 0 Å². The quantitative estimate of drug-likeness (QED) is 0.427. The Morgan fingerprint density at radius 1 is 1.00 bits per heavy atom. The molecule has 0 radical (unpaired) electrons. The molecule has 0 aromatic rings. The number of hydrogen-bond donors (Lipinski definition) is 0. The molecule has 0 aromatic heterocycles. The second-order valence-corrected chi connectivity index (χ2v) is 5.01. The van der Waals surface area contributed by atoms with Gasteiger partial charge in [0.2, 0.25) is 0 Å². The van der Waals surface area contributed by atoms with Crippen LogP contribution in [0.4, 0.5) is 0 Å². The molecule has 0 amide bonds. The van der Waals surface area contributed by atoms with Crippen molar-refractivity contribution in [3.8, 4) is 0 Å². The van der Waals surface area contributed by atoms with Crippen LogP contribution in [0, 0.1) is 0 Å². The van der Waals surface area contributed by atoms with Crippen LogP contribution < -0.4 is 0 Å². The lowest BCUT2D eigenvalue weighted by Gasteiger charge is -2.24. The maximum absolute atomic E-state index is 10.7. The van der Waals surface area contributed by atoms with Crippen molar-refractivity contribution in [2.24, 2.45) is 0 Å². The van der Waals surface area contributed by atoms with E-state index in [2.05, 4.69) is 30.3 Å². The molecule has 1 heterocycles. The maximum atomic E-state index is 10.7. The number of esters is 2. The third kappa shape index (κ3) is 12.3. The zero-order chi connectivity index (χ0) is 15.9. The van der Waals surface area contributed by atoms with Crippen molar-refractivity contribution >= 4 is 27.9 Å². The molecule has 0 bridgehead atoms. The van der Waals surface area contributed by atoms with E-state index >= 15 is 0 Å². The summed E-state index contributed by atoms with van der Waals surface area (Å²) in [6, 6.07) is 0. The maximum Gasteiger partial charge on any atom is 0.330 e. The molecule has 0 aromatic carbocycles. The predicted octanol–water partition coefficient (Wildman–Crippen LogP) is 2.31. The van der Waals surface area contributed by atoms with E-state index in [9.17, 15) is 9.59 Å². The molecule has 6 heteroatoms. The molecule has 5 nitrogen and oxygen atoms in total. The Hall–Kier alpha value is -1.14. The third-order valence-corrected chi connectivity index (χ3v) is 3.19. The fraction of sp³-hybridized carbons (Fsp3) is 0.600. The van der Waals surface area contributed by atoms with E-state index in [1.54, 1.807) is 6.08 Å². The summed E-state index contributed by atoms with van der Waals surface area (Å²) in [6.07, 6.45) is 10.3. The first-order valence-corrected chi connectivity index (χ1v) is 8.03. The van der Waals surface area contributed by atoms with Crippen LogP contribution in [-0.4, -0.2) is 56.0 Å². The number of rotatable bonds is 5. The second kappa shape index (κ2) is 13.8. The number of halogens is 1. The number of carbonyl (C=O) groups is 2. The number of ether oxygens (including phenoxy) is 2. The number of piperidine rings is 1. The van der Waals surface area contributed by atoms with E-state index in [4.69, 9.17) is 0 Å². The lowest BCUT2D eigenvalue weighted by molar-refractivity contribution is -0.135. The van der Waals surface area contributed by atoms with Crippen LogP contribution in [0.3, 0.4) is 0 Å². The predicted molar refractivity (Wildman–Crippen MR) is 86.4 cm³/mol. The highest BCUT2D eigenvalue weighted by Gasteiger charge is 2.07. The summed E-state index contributed by atoms with van der Waals surface area (Å²) in [5.41, 5.74) is 0. The number of alkyl halides is 1. The van der Waals surface area contributed by atoms with Crippen LogP contribution in [0.2, 0.25) is 0 Å². The molecule has 1 saturated heterocycles.